The first-order valence-electron chi connectivity index (χ1n) is 9.12. The number of guanidine groups is 1. The lowest BCUT2D eigenvalue weighted by Crippen LogP contribution is -2.55. The molecule has 0 aliphatic carbocycles. The molecule has 27 heavy (non-hydrogen) atoms. The summed E-state index contributed by atoms with van der Waals surface area (Å²) in [5, 5.41) is 4.02. The Labute approximate surface area is 183 Å². The fraction of sp³-hybridized carbons (Fsp3) is 0.579. The Morgan fingerprint density at radius 3 is 2.56 bits per heavy atom. The van der Waals surface area contributed by atoms with E-state index in [4.69, 9.17) is 21.3 Å². The summed E-state index contributed by atoms with van der Waals surface area (Å²) in [6.45, 7) is 9.67. The van der Waals surface area contributed by atoms with Crippen LogP contribution in [0.25, 0.3) is 0 Å². The van der Waals surface area contributed by atoms with Crippen molar-refractivity contribution in [3.05, 3.63) is 34.9 Å². The van der Waals surface area contributed by atoms with E-state index in [1.54, 1.807) is 0 Å². The fourth-order valence-electron chi connectivity index (χ4n) is 3.10. The van der Waals surface area contributed by atoms with Crippen molar-refractivity contribution in [3.8, 4) is 0 Å². The number of carbonyl (C=O) groups is 1. The maximum Gasteiger partial charge on any atom is 0.242 e. The van der Waals surface area contributed by atoms with E-state index in [2.05, 4.69) is 12.2 Å². The minimum atomic E-state index is 0. The number of benzene rings is 1. The molecule has 2 saturated heterocycles. The maximum atomic E-state index is 12.6. The van der Waals surface area contributed by atoms with Crippen molar-refractivity contribution < 1.29 is 9.53 Å². The first kappa shape index (κ1) is 22.2. The SMILES string of the molecule is CCNC(=NCC1(C)COC1)N1CCN(Cc2ccc(Cl)cc2)C(=O)C1.I. The number of carbonyl (C=O) groups excluding carboxylic acids is 1. The van der Waals surface area contributed by atoms with Gasteiger partial charge < -0.3 is 19.9 Å². The third-order valence-corrected chi connectivity index (χ3v) is 5.00. The van der Waals surface area contributed by atoms with E-state index < -0.39 is 0 Å². The summed E-state index contributed by atoms with van der Waals surface area (Å²) < 4.78 is 5.30. The van der Waals surface area contributed by atoms with E-state index in [0.717, 1.165) is 37.8 Å². The highest BCUT2D eigenvalue weighted by atomic mass is 127. The zero-order valence-electron chi connectivity index (χ0n) is 15.9. The Morgan fingerprint density at radius 1 is 1.30 bits per heavy atom. The number of ether oxygens (including phenoxy) is 1. The number of hydrogen-bond acceptors (Lipinski definition) is 3. The van der Waals surface area contributed by atoms with E-state index in [1.807, 2.05) is 41.0 Å². The number of rotatable bonds is 5. The number of nitrogens with zero attached hydrogens (tertiary/aromatic N) is 3. The summed E-state index contributed by atoms with van der Waals surface area (Å²) in [5.41, 5.74) is 1.22. The van der Waals surface area contributed by atoms with Gasteiger partial charge in [-0.05, 0) is 24.6 Å². The summed E-state index contributed by atoms with van der Waals surface area (Å²) in [4.78, 5) is 21.3. The smallest absolute Gasteiger partial charge is 0.242 e. The molecule has 0 aromatic heterocycles. The normalized spacial score (nSPS) is 19.4. The summed E-state index contributed by atoms with van der Waals surface area (Å²) >= 11 is 5.93. The van der Waals surface area contributed by atoms with Gasteiger partial charge in [-0.25, -0.2) is 0 Å². The van der Waals surface area contributed by atoms with Crippen molar-refractivity contribution in [2.45, 2.75) is 20.4 Å². The molecule has 150 valence electrons. The lowest BCUT2D eigenvalue weighted by Gasteiger charge is -2.38. The highest BCUT2D eigenvalue weighted by Gasteiger charge is 2.34. The zero-order chi connectivity index (χ0) is 18.6. The van der Waals surface area contributed by atoms with E-state index in [0.29, 0.717) is 31.2 Å². The van der Waals surface area contributed by atoms with E-state index in [1.165, 1.54) is 0 Å². The van der Waals surface area contributed by atoms with Gasteiger partial charge in [-0.2, -0.15) is 0 Å². The van der Waals surface area contributed by atoms with Crippen LogP contribution in [0.2, 0.25) is 5.02 Å². The van der Waals surface area contributed by atoms with Crippen molar-refractivity contribution in [1.82, 2.24) is 15.1 Å². The molecule has 2 aliphatic heterocycles. The number of amides is 1. The van der Waals surface area contributed by atoms with Gasteiger partial charge in [-0.3, -0.25) is 9.79 Å². The topological polar surface area (TPSA) is 57.2 Å². The average Bonchev–Trinajstić information content (AvgIpc) is 2.60. The molecule has 2 fully saturated rings. The van der Waals surface area contributed by atoms with Crippen LogP contribution < -0.4 is 5.32 Å². The van der Waals surface area contributed by atoms with Gasteiger partial charge in [0.25, 0.3) is 0 Å². The van der Waals surface area contributed by atoms with Gasteiger partial charge in [0, 0.05) is 36.6 Å². The molecular weight excluding hydrogens is 479 g/mol. The van der Waals surface area contributed by atoms with Crippen LogP contribution in [-0.2, 0) is 16.1 Å². The molecular formula is C19H28ClIN4O2. The van der Waals surface area contributed by atoms with Crippen LogP contribution >= 0.6 is 35.6 Å². The molecule has 0 radical (unpaired) electrons. The third kappa shape index (κ3) is 5.96. The molecule has 1 aromatic carbocycles. The second kappa shape index (κ2) is 9.93. The van der Waals surface area contributed by atoms with E-state index >= 15 is 0 Å². The maximum absolute atomic E-state index is 12.6. The van der Waals surface area contributed by atoms with Gasteiger partial charge in [0.1, 0.15) is 0 Å². The van der Waals surface area contributed by atoms with Gasteiger partial charge in [0.15, 0.2) is 5.96 Å². The van der Waals surface area contributed by atoms with E-state index in [9.17, 15) is 4.79 Å². The third-order valence-electron chi connectivity index (χ3n) is 4.75. The quantitative estimate of drug-likeness (QED) is 0.379. The molecule has 2 heterocycles. The molecule has 0 saturated carbocycles. The number of hydrogen-bond donors (Lipinski definition) is 1. The number of piperazine rings is 1. The lowest BCUT2D eigenvalue weighted by atomic mass is 9.89. The predicted octanol–water partition coefficient (Wildman–Crippen LogP) is 2.60. The fourth-order valence-corrected chi connectivity index (χ4v) is 3.23. The van der Waals surface area contributed by atoms with Gasteiger partial charge in [0.2, 0.25) is 5.91 Å². The van der Waals surface area contributed by atoms with Gasteiger partial charge in [-0.15, -0.1) is 24.0 Å². The van der Waals surface area contributed by atoms with Crippen LogP contribution in [0.5, 0.6) is 0 Å². The monoisotopic (exact) mass is 506 g/mol. The van der Waals surface area contributed by atoms with Crippen LogP contribution in [0.1, 0.15) is 19.4 Å². The molecule has 6 nitrogen and oxygen atoms in total. The Morgan fingerprint density at radius 2 is 2.00 bits per heavy atom. The second-order valence-corrected chi connectivity index (χ2v) is 7.77. The molecule has 2 aliphatic rings. The molecule has 1 amide bonds. The Hall–Kier alpha value is -1.06. The summed E-state index contributed by atoms with van der Waals surface area (Å²) in [5.74, 6) is 0.940. The predicted molar refractivity (Wildman–Crippen MR) is 119 cm³/mol. The van der Waals surface area contributed by atoms with Crippen molar-refractivity contribution >= 4 is 47.4 Å². The van der Waals surface area contributed by atoms with Crippen molar-refractivity contribution in [1.29, 1.82) is 0 Å². The number of halogens is 2. The summed E-state index contributed by atoms with van der Waals surface area (Å²) in [6, 6.07) is 7.65. The minimum absolute atomic E-state index is 0. The molecule has 8 heteroatoms. The van der Waals surface area contributed by atoms with Crippen molar-refractivity contribution in [3.63, 3.8) is 0 Å². The molecule has 0 atom stereocenters. The minimum Gasteiger partial charge on any atom is -0.380 e. The molecule has 0 spiro atoms. The highest BCUT2D eigenvalue weighted by Crippen LogP contribution is 2.26. The second-order valence-electron chi connectivity index (χ2n) is 7.34. The molecule has 3 rings (SSSR count). The molecule has 1 N–H and O–H groups in total. The van der Waals surface area contributed by atoms with Crippen LogP contribution in [0, 0.1) is 5.41 Å². The Bertz CT molecular complexity index is 664. The van der Waals surface area contributed by atoms with Crippen LogP contribution in [-0.4, -0.2) is 67.6 Å². The van der Waals surface area contributed by atoms with E-state index in [-0.39, 0.29) is 35.3 Å². The van der Waals surface area contributed by atoms with Gasteiger partial charge in [-0.1, -0.05) is 30.7 Å². The largest absolute Gasteiger partial charge is 0.380 e. The van der Waals surface area contributed by atoms with Gasteiger partial charge in [0.05, 0.1) is 26.3 Å². The lowest BCUT2D eigenvalue weighted by molar-refractivity contribution is -0.135. The van der Waals surface area contributed by atoms with Crippen LogP contribution in [0.3, 0.4) is 0 Å². The van der Waals surface area contributed by atoms with Crippen molar-refractivity contribution in [2.75, 3.05) is 45.9 Å². The Kier molecular flexibility index (Phi) is 8.18. The molecule has 1 aromatic rings. The number of aliphatic imine (C=N–C) groups is 1. The number of nitrogens with one attached hydrogen (secondary N) is 1. The van der Waals surface area contributed by atoms with Crippen molar-refractivity contribution in [2.24, 2.45) is 10.4 Å². The Balaban J connectivity index is 0.00000261. The first-order valence-corrected chi connectivity index (χ1v) is 9.50. The summed E-state index contributed by atoms with van der Waals surface area (Å²) in [7, 11) is 0. The average molecular weight is 507 g/mol. The van der Waals surface area contributed by atoms with Crippen LogP contribution in [0.15, 0.2) is 29.3 Å². The zero-order valence-corrected chi connectivity index (χ0v) is 19.0. The van der Waals surface area contributed by atoms with Gasteiger partial charge >= 0.3 is 0 Å². The first-order chi connectivity index (χ1) is 12.5. The standard InChI is InChI=1S/C19H27ClN4O2.HI/c1-3-21-18(22-12-19(2)13-26-14-19)24-9-8-23(17(25)11-24)10-15-4-6-16(20)7-5-15;/h4-7H,3,8-14H2,1-2H3,(H,21,22);1H. The molecule has 0 unspecified atom stereocenters. The summed E-state index contributed by atoms with van der Waals surface area (Å²) in [6.07, 6.45) is 0. The van der Waals surface area contributed by atoms with Crippen LogP contribution in [0.4, 0.5) is 0 Å². The highest BCUT2D eigenvalue weighted by molar-refractivity contribution is 14.0. The molecule has 0 bridgehead atoms.